The van der Waals surface area contributed by atoms with Crippen molar-refractivity contribution in [2.24, 2.45) is 11.8 Å². The van der Waals surface area contributed by atoms with Gasteiger partial charge in [0.1, 0.15) is 4.88 Å². The van der Waals surface area contributed by atoms with Crippen LogP contribution in [0.2, 0.25) is 0 Å². The lowest BCUT2D eigenvalue weighted by atomic mass is 9.86. The topological polar surface area (TPSA) is 59.2 Å². The fourth-order valence-corrected chi connectivity index (χ4v) is 3.52. The molecule has 1 fully saturated rings. The van der Waals surface area contributed by atoms with Crippen LogP contribution in [-0.4, -0.2) is 28.4 Å². The Balaban J connectivity index is 2.25. The minimum Gasteiger partial charge on any atom is -0.375 e. The van der Waals surface area contributed by atoms with Crippen molar-refractivity contribution in [3.8, 4) is 0 Å². The predicted octanol–water partition coefficient (Wildman–Crippen LogP) is 2.54. The third kappa shape index (κ3) is 2.36. The summed E-state index contributed by atoms with van der Waals surface area (Å²) in [5.41, 5.74) is 6.42. The van der Waals surface area contributed by atoms with E-state index >= 15 is 0 Å². The number of hydrogen-bond donors (Lipinski definition) is 1. The van der Waals surface area contributed by atoms with Gasteiger partial charge in [-0.2, -0.15) is 0 Å². The zero-order valence-electron chi connectivity index (χ0n) is 11.4. The van der Waals surface area contributed by atoms with Gasteiger partial charge in [0.15, 0.2) is 5.13 Å². The van der Waals surface area contributed by atoms with Gasteiger partial charge in [-0.05, 0) is 32.1 Å². The van der Waals surface area contributed by atoms with Crippen molar-refractivity contribution in [3.05, 3.63) is 10.6 Å². The van der Waals surface area contributed by atoms with E-state index in [1.54, 1.807) is 0 Å². The minimum absolute atomic E-state index is 0.0904. The number of nitrogens with two attached hydrogens (primary N) is 1. The Bertz CT molecular complexity index is 457. The maximum atomic E-state index is 12.6. The molecule has 1 aliphatic rings. The van der Waals surface area contributed by atoms with Gasteiger partial charge in [-0.15, -0.1) is 0 Å². The molecule has 0 saturated carbocycles. The van der Waals surface area contributed by atoms with Crippen molar-refractivity contribution in [1.29, 1.82) is 0 Å². The molecule has 0 aromatic carbocycles. The number of piperidine rings is 1. The van der Waals surface area contributed by atoms with Gasteiger partial charge in [-0.3, -0.25) is 4.79 Å². The van der Waals surface area contributed by atoms with Gasteiger partial charge in [0, 0.05) is 12.6 Å². The zero-order chi connectivity index (χ0) is 13.4. The number of nitrogens with zero attached hydrogens (tertiary/aromatic N) is 2. The summed E-state index contributed by atoms with van der Waals surface area (Å²) in [5, 5.41) is 0.474. The van der Waals surface area contributed by atoms with Crippen molar-refractivity contribution in [2.75, 3.05) is 12.3 Å². The number of aryl methyl sites for hydroxylation is 1. The first-order valence-corrected chi connectivity index (χ1v) is 7.25. The van der Waals surface area contributed by atoms with Crippen LogP contribution >= 0.6 is 11.3 Å². The van der Waals surface area contributed by atoms with Crippen LogP contribution in [0.1, 0.15) is 42.6 Å². The van der Waals surface area contributed by atoms with Gasteiger partial charge in [0.2, 0.25) is 0 Å². The number of likely N-dealkylation sites (tertiary alicyclic amines) is 1. The highest BCUT2D eigenvalue weighted by atomic mass is 32.1. The largest absolute Gasteiger partial charge is 0.375 e. The van der Waals surface area contributed by atoms with Gasteiger partial charge in [0.25, 0.3) is 5.91 Å². The van der Waals surface area contributed by atoms with Crippen LogP contribution in [0, 0.1) is 18.8 Å². The van der Waals surface area contributed by atoms with Gasteiger partial charge in [-0.1, -0.05) is 25.2 Å². The molecular weight excluding hydrogens is 246 g/mol. The van der Waals surface area contributed by atoms with Crippen LogP contribution in [0.4, 0.5) is 5.13 Å². The second-order valence-electron chi connectivity index (χ2n) is 5.48. The third-order valence-corrected chi connectivity index (χ3v) is 4.84. The lowest BCUT2D eigenvalue weighted by molar-refractivity contribution is 0.0459. The lowest BCUT2D eigenvalue weighted by Crippen LogP contribution is -2.48. The maximum Gasteiger partial charge on any atom is 0.266 e. The standard InChI is InChI=1S/C13H21N3OS/c1-7-5-8(2)10(4)16(6-7)12(17)11-9(3)15-13(14)18-11/h7-8,10H,5-6H2,1-4H3,(H2,14,15). The normalized spacial score (nSPS) is 28.4. The van der Waals surface area contributed by atoms with Crippen molar-refractivity contribution in [1.82, 2.24) is 9.88 Å². The number of rotatable bonds is 1. The first-order valence-electron chi connectivity index (χ1n) is 6.44. The van der Waals surface area contributed by atoms with Gasteiger partial charge < -0.3 is 10.6 Å². The van der Waals surface area contributed by atoms with E-state index in [1.165, 1.54) is 17.8 Å². The molecule has 18 heavy (non-hydrogen) atoms. The molecular formula is C13H21N3OS. The Morgan fingerprint density at radius 2 is 2.11 bits per heavy atom. The quantitative estimate of drug-likeness (QED) is 0.850. The van der Waals surface area contributed by atoms with Crippen LogP contribution in [0.5, 0.6) is 0 Å². The molecule has 0 radical (unpaired) electrons. The highest BCUT2D eigenvalue weighted by molar-refractivity contribution is 7.17. The van der Waals surface area contributed by atoms with Crippen molar-refractivity contribution >= 4 is 22.4 Å². The van der Waals surface area contributed by atoms with E-state index < -0.39 is 0 Å². The summed E-state index contributed by atoms with van der Waals surface area (Å²) in [6.45, 7) is 9.24. The van der Waals surface area contributed by atoms with Crippen molar-refractivity contribution in [3.63, 3.8) is 0 Å². The Hall–Kier alpha value is -1.10. The summed E-state index contributed by atoms with van der Waals surface area (Å²) in [7, 11) is 0. The average molecular weight is 267 g/mol. The molecule has 0 aliphatic carbocycles. The molecule has 4 nitrogen and oxygen atoms in total. The van der Waals surface area contributed by atoms with Crippen LogP contribution in [0.3, 0.4) is 0 Å². The van der Waals surface area contributed by atoms with Crippen LogP contribution < -0.4 is 5.73 Å². The smallest absolute Gasteiger partial charge is 0.266 e. The number of thiazole rings is 1. The van der Waals surface area contributed by atoms with Crippen molar-refractivity contribution in [2.45, 2.75) is 40.2 Å². The molecule has 1 aliphatic heterocycles. The monoisotopic (exact) mass is 267 g/mol. The summed E-state index contributed by atoms with van der Waals surface area (Å²) < 4.78 is 0. The van der Waals surface area contributed by atoms with Gasteiger partial charge >= 0.3 is 0 Å². The van der Waals surface area contributed by atoms with E-state index in [9.17, 15) is 4.79 Å². The lowest BCUT2D eigenvalue weighted by Gasteiger charge is -2.41. The van der Waals surface area contributed by atoms with Crippen LogP contribution in [0.25, 0.3) is 0 Å². The molecule has 0 spiro atoms. The molecule has 5 heteroatoms. The molecule has 1 saturated heterocycles. The van der Waals surface area contributed by atoms with E-state index in [1.807, 2.05) is 11.8 Å². The summed E-state index contributed by atoms with van der Waals surface area (Å²) in [6.07, 6.45) is 1.19. The van der Waals surface area contributed by atoms with Crippen LogP contribution in [-0.2, 0) is 0 Å². The van der Waals surface area contributed by atoms with Gasteiger partial charge in [0.05, 0.1) is 5.69 Å². The second kappa shape index (κ2) is 4.88. The predicted molar refractivity (Wildman–Crippen MR) is 74.7 cm³/mol. The summed E-state index contributed by atoms with van der Waals surface area (Å²) in [5.74, 6) is 1.20. The molecule has 1 aromatic rings. The molecule has 1 amide bonds. The number of aromatic nitrogens is 1. The minimum atomic E-state index is 0.0904. The molecule has 100 valence electrons. The van der Waals surface area contributed by atoms with Crippen molar-refractivity contribution < 1.29 is 4.79 Å². The van der Waals surface area contributed by atoms with Crippen LogP contribution in [0.15, 0.2) is 0 Å². The Kier molecular flexibility index (Phi) is 3.61. The number of nitrogen functional groups attached to an aromatic ring is 1. The number of carbonyl (C=O) groups excluding carboxylic acids is 1. The SMILES string of the molecule is Cc1nc(N)sc1C(=O)N1CC(C)CC(C)C1C. The molecule has 1 aromatic heterocycles. The Morgan fingerprint density at radius 3 is 2.67 bits per heavy atom. The van der Waals surface area contributed by atoms with E-state index in [2.05, 4.69) is 25.8 Å². The second-order valence-corrected chi connectivity index (χ2v) is 6.51. The summed E-state index contributed by atoms with van der Waals surface area (Å²) in [6, 6.07) is 0.288. The first kappa shape index (κ1) is 13.3. The molecule has 2 rings (SSSR count). The van der Waals surface area contributed by atoms with E-state index in [0.29, 0.717) is 21.8 Å². The van der Waals surface area contributed by atoms with E-state index in [-0.39, 0.29) is 11.9 Å². The van der Waals surface area contributed by atoms with E-state index in [0.717, 1.165) is 12.2 Å². The van der Waals surface area contributed by atoms with E-state index in [4.69, 9.17) is 5.73 Å². The first-order chi connectivity index (χ1) is 8.40. The highest BCUT2D eigenvalue weighted by Crippen LogP contribution is 2.30. The number of anilines is 1. The molecule has 3 atom stereocenters. The average Bonchev–Trinajstić information content (AvgIpc) is 2.62. The molecule has 3 unspecified atom stereocenters. The Morgan fingerprint density at radius 1 is 1.44 bits per heavy atom. The molecule has 2 N–H and O–H groups in total. The summed E-state index contributed by atoms with van der Waals surface area (Å²) in [4.78, 5) is 19.4. The maximum absolute atomic E-state index is 12.6. The fourth-order valence-electron chi connectivity index (χ4n) is 2.73. The number of carbonyl (C=O) groups is 1. The molecule has 2 heterocycles. The Labute approximate surface area is 112 Å². The zero-order valence-corrected chi connectivity index (χ0v) is 12.3. The molecule has 0 bridgehead atoms. The highest BCUT2D eigenvalue weighted by Gasteiger charge is 2.33. The number of amides is 1. The summed E-state index contributed by atoms with van der Waals surface area (Å²) >= 11 is 1.30. The number of hydrogen-bond acceptors (Lipinski definition) is 4. The van der Waals surface area contributed by atoms with Gasteiger partial charge in [-0.25, -0.2) is 4.98 Å². The third-order valence-electron chi connectivity index (χ3n) is 3.87. The fraction of sp³-hybridized carbons (Fsp3) is 0.692.